The highest BCUT2D eigenvalue weighted by atomic mass is 35.5. The standard InChI is InChI=1S/C27H30ClN7O3/c1-29-22(36)16-38-20-6-4-18(5-7-20)26-33-25-24(21(28)14-31-27(25)34-26)32-19-9-11-35(12-10-19)15-17-3-8-23(37-2)30-13-17/h3-8,13-14,19H,9-12,15-16H2,1-2H3,(H,29,36)(H2,31,32,33,34). The highest BCUT2D eigenvalue weighted by Crippen LogP contribution is 2.32. The minimum Gasteiger partial charge on any atom is -0.484 e. The second-order valence-corrected chi connectivity index (χ2v) is 9.56. The van der Waals surface area contributed by atoms with Crippen LogP contribution in [0.1, 0.15) is 18.4 Å². The van der Waals surface area contributed by atoms with E-state index >= 15 is 0 Å². The van der Waals surface area contributed by atoms with E-state index in [1.54, 1.807) is 32.5 Å². The number of methoxy groups -OCH3 is 1. The number of benzene rings is 1. The van der Waals surface area contributed by atoms with Gasteiger partial charge in [-0.3, -0.25) is 9.69 Å². The maximum atomic E-state index is 11.4. The molecular weight excluding hydrogens is 506 g/mol. The number of aromatic amines is 1. The number of anilines is 1. The maximum absolute atomic E-state index is 11.4. The van der Waals surface area contributed by atoms with Gasteiger partial charge in [0.05, 0.1) is 24.0 Å². The molecule has 1 fully saturated rings. The zero-order chi connectivity index (χ0) is 26.5. The molecule has 0 spiro atoms. The summed E-state index contributed by atoms with van der Waals surface area (Å²) in [5.74, 6) is 1.72. The van der Waals surface area contributed by atoms with Crippen LogP contribution >= 0.6 is 11.6 Å². The third-order valence-electron chi connectivity index (χ3n) is 6.59. The number of carbonyl (C=O) groups is 1. The first kappa shape index (κ1) is 25.7. The van der Waals surface area contributed by atoms with E-state index in [1.165, 1.54) is 5.56 Å². The number of pyridine rings is 2. The van der Waals surface area contributed by atoms with Gasteiger partial charge in [0.2, 0.25) is 5.88 Å². The molecule has 0 unspecified atom stereocenters. The number of ether oxygens (including phenoxy) is 2. The predicted molar refractivity (Wildman–Crippen MR) is 147 cm³/mol. The van der Waals surface area contributed by atoms with Gasteiger partial charge >= 0.3 is 0 Å². The molecule has 4 aromatic rings. The quantitative estimate of drug-likeness (QED) is 0.295. The Labute approximate surface area is 225 Å². The average Bonchev–Trinajstić information content (AvgIpc) is 3.39. The Hall–Kier alpha value is -3.89. The fraction of sp³-hybridized carbons (Fsp3) is 0.333. The Morgan fingerprint density at radius 1 is 1.13 bits per heavy atom. The summed E-state index contributed by atoms with van der Waals surface area (Å²) in [7, 11) is 3.20. The Morgan fingerprint density at radius 2 is 1.92 bits per heavy atom. The molecule has 4 heterocycles. The van der Waals surface area contributed by atoms with E-state index in [-0.39, 0.29) is 18.6 Å². The number of amides is 1. The summed E-state index contributed by atoms with van der Waals surface area (Å²) in [4.78, 5) is 30.7. The topological polar surface area (TPSA) is 117 Å². The van der Waals surface area contributed by atoms with Crippen molar-refractivity contribution in [1.29, 1.82) is 0 Å². The maximum Gasteiger partial charge on any atom is 0.257 e. The van der Waals surface area contributed by atoms with Crippen LogP contribution in [-0.4, -0.2) is 70.6 Å². The van der Waals surface area contributed by atoms with Crippen molar-refractivity contribution in [3.05, 3.63) is 59.4 Å². The molecule has 0 radical (unpaired) electrons. The number of hydrogen-bond donors (Lipinski definition) is 3. The van der Waals surface area contributed by atoms with Gasteiger partial charge in [0.25, 0.3) is 5.91 Å². The summed E-state index contributed by atoms with van der Waals surface area (Å²) in [5, 5.41) is 6.70. The number of aromatic nitrogens is 4. The molecule has 1 aromatic carbocycles. The first-order chi connectivity index (χ1) is 18.5. The Balaban J connectivity index is 1.24. The number of fused-ring (bicyclic) bond motifs is 1. The molecule has 0 atom stereocenters. The lowest BCUT2D eigenvalue weighted by Gasteiger charge is -2.33. The molecule has 3 N–H and O–H groups in total. The van der Waals surface area contributed by atoms with Gasteiger partial charge in [0.1, 0.15) is 17.1 Å². The van der Waals surface area contributed by atoms with Gasteiger partial charge in [-0.15, -0.1) is 0 Å². The number of imidazole rings is 1. The third kappa shape index (κ3) is 5.98. The zero-order valence-electron chi connectivity index (χ0n) is 21.3. The third-order valence-corrected chi connectivity index (χ3v) is 6.88. The molecule has 10 nitrogen and oxygen atoms in total. The Kier molecular flexibility index (Phi) is 7.90. The summed E-state index contributed by atoms with van der Waals surface area (Å²) in [6.45, 7) is 2.77. The highest BCUT2D eigenvalue weighted by Gasteiger charge is 2.22. The number of carbonyl (C=O) groups excluding carboxylic acids is 1. The van der Waals surface area contributed by atoms with Crippen LogP contribution in [-0.2, 0) is 11.3 Å². The molecule has 198 valence electrons. The van der Waals surface area contributed by atoms with E-state index in [0.717, 1.165) is 43.7 Å². The summed E-state index contributed by atoms with van der Waals surface area (Å²) < 4.78 is 10.6. The van der Waals surface area contributed by atoms with Crippen LogP contribution in [0.15, 0.2) is 48.8 Å². The van der Waals surface area contributed by atoms with Crippen LogP contribution in [0.4, 0.5) is 5.69 Å². The highest BCUT2D eigenvalue weighted by molar-refractivity contribution is 6.34. The number of rotatable bonds is 9. The average molecular weight is 536 g/mol. The zero-order valence-corrected chi connectivity index (χ0v) is 22.1. The number of nitrogens with one attached hydrogen (secondary N) is 3. The lowest BCUT2D eigenvalue weighted by atomic mass is 10.0. The van der Waals surface area contributed by atoms with E-state index in [1.807, 2.05) is 24.4 Å². The number of H-pyrrole nitrogens is 1. The van der Waals surface area contributed by atoms with Crippen molar-refractivity contribution in [3.63, 3.8) is 0 Å². The van der Waals surface area contributed by atoms with Gasteiger partial charge in [0.15, 0.2) is 12.3 Å². The summed E-state index contributed by atoms with van der Waals surface area (Å²) in [6, 6.07) is 11.6. The largest absolute Gasteiger partial charge is 0.484 e. The van der Waals surface area contributed by atoms with Crippen molar-refractivity contribution < 1.29 is 14.3 Å². The summed E-state index contributed by atoms with van der Waals surface area (Å²) in [6.07, 6.45) is 5.49. The van der Waals surface area contributed by atoms with Gasteiger partial charge in [-0.1, -0.05) is 17.7 Å². The second kappa shape index (κ2) is 11.7. The molecule has 1 amide bonds. The summed E-state index contributed by atoms with van der Waals surface area (Å²) >= 11 is 6.58. The van der Waals surface area contributed by atoms with Crippen molar-refractivity contribution in [2.45, 2.75) is 25.4 Å². The summed E-state index contributed by atoms with van der Waals surface area (Å²) in [5.41, 5.74) is 4.21. The van der Waals surface area contributed by atoms with Gasteiger partial charge in [-0.2, -0.15) is 0 Å². The molecule has 1 aliphatic heterocycles. The molecule has 1 saturated heterocycles. The monoisotopic (exact) mass is 535 g/mol. The molecule has 11 heteroatoms. The minimum absolute atomic E-state index is 0.0322. The fourth-order valence-corrected chi connectivity index (χ4v) is 4.65. The van der Waals surface area contributed by atoms with E-state index in [9.17, 15) is 4.79 Å². The van der Waals surface area contributed by atoms with Crippen molar-refractivity contribution in [1.82, 2.24) is 30.2 Å². The Bertz CT molecular complexity index is 1380. The van der Waals surface area contributed by atoms with Crippen molar-refractivity contribution in [2.24, 2.45) is 0 Å². The molecule has 1 aliphatic rings. The van der Waals surface area contributed by atoms with Crippen molar-refractivity contribution >= 4 is 34.4 Å². The van der Waals surface area contributed by atoms with Crippen LogP contribution < -0.4 is 20.1 Å². The number of piperidine rings is 1. The number of hydrogen-bond acceptors (Lipinski definition) is 8. The van der Waals surface area contributed by atoms with Crippen molar-refractivity contribution in [2.75, 3.05) is 39.2 Å². The van der Waals surface area contributed by atoms with Crippen LogP contribution in [0.25, 0.3) is 22.6 Å². The molecule has 0 aliphatic carbocycles. The fourth-order valence-electron chi connectivity index (χ4n) is 4.46. The first-order valence-corrected chi connectivity index (χ1v) is 12.9. The van der Waals surface area contributed by atoms with Crippen LogP contribution in [0.3, 0.4) is 0 Å². The smallest absolute Gasteiger partial charge is 0.257 e. The molecule has 0 bridgehead atoms. The second-order valence-electron chi connectivity index (χ2n) is 9.15. The van der Waals surface area contributed by atoms with Crippen LogP contribution in [0.2, 0.25) is 5.02 Å². The van der Waals surface area contributed by atoms with E-state index in [2.05, 4.69) is 36.6 Å². The van der Waals surface area contributed by atoms with E-state index < -0.39 is 0 Å². The van der Waals surface area contributed by atoms with Gasteiger partial charge in [-0.25, -0.2) is 15.0 Å². The lowest BCUT2D eigenvalue weighted by molar-refractivity contribution is -0.122. The van der Waals surface area contributed by atoms with Gasteiger partial charge in [-0.05, 0) is 42.7 Å². The number of halogens is 1. The predicted octanol–water partition coefficient (Wildman–Crippen LogP) is 3.88. The number of likely N-dealkylation sites (tertiary alicyclic amines) is 1. The number of nitrogens with zero attached hydrogens (tertiary/aromatic N) is 4. The van der Waals surface area contributed by atoms with Crippen molar-refractivity contribution in [3.8, 4) is 23.0 Å². The minimum atomic E-state index is -0.186. The van der Waals surface area contributed by atoms with E-state index in [0.29, 0.717) is 33.6 Å². The van der Waals surface area contributed by atoms with Gasteiger partial charge in [0, 0.05) is 50.6 Å². The molecule has 38 heavy (non-hydrogen) atoms. The molecule has 3 aromatic heterocycles. The Morgan fingerprint density at radius 3 is 2.61 bits per heavy atom. The van der Waals surface area contributed by atoms with E-state index in [4.69, 9.17) is 26.1 Å². The first-order valence-electron chi connectivity index (χ1n) is 12.5. The van der Waals surface area contributed by atoms with Crippen LogP contribution in [0, 0.1) is 0 Å². The van der Waals surface area contributed by atoms with Gasteiger partial charge < -0.3 is 25.1 Å². The lowest BCUT2D eigenvalue weighted by Crippen LogP contribution is -2.38. The molecule has 5 rings (SSSR count). The van der Waals surface area contributed by atoms with Crippen LogP contribution in [0.5, 0.6) is 11.6 Å². The SMILES string of the molecule is CNC(=O)COc1ccc(-c2nc3c(NC4CCN(Cc5ccc(OC)nc5)CC4)c(Cl)cnc3[nH]2)cc1. The molecule has 0 saturated carbocycles. The number of likely N-dealkylation sites (N-methyl/N-ethyl adjacent to an activating group) is 1. The normalized spacial score (nSPS) is 14.4. The molecular formula is C27H30ClN7O3.